The molecule has 2 N–H and O–H groups in total. The molecule has 2 saturated heterocycles. The zero-order valence-corrected chi connectivity index (χ0v) is 33.2. The van der Waals surface area contributed by atoms with Crippen LogP contribution in [0.1, 0.15) is 115 Å². The molecule has 12 heteroatoms. The number of hydrogen-bond acceptors (Lipinski definition) is 6. The third-order valence-corrected chi connectivity index (χ3v) is 12.6. The molecule has 57 heavy (non-hydrogen) atoms. The van der Waals surface area contributed by atoms with Gasteiger partial charge in [0, 0.05) is 29.3 Å². The minimum Gasteiger partial charge on any atom is -0.444 e. The molecule has 2 amide bonds. The van der Waals surface area contributed by atoms with E-state index in [1.807, 2.05) is 76.8 Å². The minimum absolute atomic E-state index is 0.0356. The average molecular weight is 775 g/mol. The fourth-order valence-electron chi connectivity index (χ4n) is 9.84. The van der Waals surface area contributed by atoms with Gasteiger partial charge in [-0.2, -0.15) is 8.78 Å². The molecule has 4 fully saturated rings. The van der Waals surface area contributed by atoms with Gasteiger partial charge in [0.1, 0.15) is 22.9 Å². The molecule has 296 valence electrons. The quantitative estimate of drug-likeness (QED) is 0.188. The maximum atomic E-state index is 16.5. The second-order valence-electron chi connectivity index (χ2n) is 19.0. The van der Waals surface area contributed by atoms with Crippen LogP contribution >= 0.6 is 0 Å². The molecule has 0 radical (unpaired) electrons. The summed E-state index contributed by atoms with van der Waals surface area (Å²) in [4.78, 5) is 46.6. The Morgan fingerprint density at radius 3 is 2.16 bits per heavy atom. The third-order valence-electron chi connectivity index (χ3n) is 12.6. The van der Waals surface area contributed by atoms with Gasteiger partial charge in [0.15, 0.2) is 0 Å². The molecule has 2 saturated carbocycles. The highest BCUT2D eigenvalue weighted by molar-refractivity contribution is 5.87. The lowest BCUT2D eigenvalue weighted by Crippen LogP contribution is -2.43. The van der Waals surface area contributed by atoms with Gasteiger partial charge in [-0.05, 0) is 138 Å². The zero-order chi connectivity index (χ0) is 39.8. The van der Waals surface area contributed by atoms with E-state index in [9.17, 15) is 9.59 Å². The Morgan fingerprint density at radius 2 is 1.46 bits per heavy atom. The third kappa shape index (κ3) is 6.09. The van der Waals surface area contributed by atoms with E-state index in [0.717, 1.165) is 60.9 Å². The SMILES string of the molecule is CC(C)(C)OC(=O)N1CC2(CC2)C[C@H]1c1ncc(-c2ccc3c(c2)C(F)(F)c2cc(-c4ccc5nc([C@H]6[C@@H]7CC[C@@H](C7)N6C(=O)OC(C)(C)C)[nH]c5c4)ccc2-3)[nH]1. The number of hydrogen-bond donors (Lipinski definition) is 2. The summed E-state index contributed by atoms with van der Waals surface area (Å²) < 4.78 is 44.5. The molecule has 2 aromatic heterocycles. The minimum atomic E-state index is -3.23. The van der Waals surface area contributed by atoms with Crippen molar-refractivity contribution in [3.63, 3.8) is 0 Å². The zero-order valence-electron chi connectivity index (χ0n) is 33.2. The van der Waals surface area contributed by atoms with Gasteiger partial charge in [-0.3, -0.25) is 9.80 Å². The number of carbonyl (C=O) groups is 2. The number of likely N-dealkylation sites (tertiary alicyclic amines) is 2. The monoisotopic (exact) mass is 774 g/mol. The summed E-state index contributed by atoms with van der Waals surface area (Å²) in [7, 11) is 0. The average Bonchev–Trinajstić information content (AvgIpc) is 3.78. The molecule has 3 aromatic carbocycles. The van der Waals surface area contributed by atoms with Crippen LogP contribution in [-0.2, 0) is 15.4 Å². The summed E-state index contributed by atoms with van der Waals surface area (Å²) in [6, 6.07) is 15.9. The predicted octanol–water partition coefficient (Wildman–Crippen LogP) is 10.7. The van der Waals surface area contributed by atoms with E-state index >= 15 is 8.78 Å². The van der Waals surface area contributed by atoms with Crippen molar-refractivity contribution in [1.29, 1.82) is 0 Å². The van der Waals surface area contributed by atoms with Crippen LogP contribution in [0, 0.1) is 11.3 Å². The summed E-state index contributed by atoms with van der Waals surface area (Å²) in [5.41, 5.74) is 4.02. The van der Waals surface area contributed by atoms with Gasteiger partial charge in [-0.25, -0.2) is 19.6 Å². The smallest absolute Gasteiger partial charge is 0.411 e. The van der Waals surface area contributed by atoms with Crippen LogP contribution in [0.2, 0.25) is 0 Å². The van der Waals surface area contributed by atoms with Crippen LogP contribution in [0.3, 0.4) is 0 Å². The van der Waals surface area contributed by atoms with E-state index in [2.05, 4.69) is 15.0 Å². The number of nitrogens with one attached hydrogen (secondary N) is 2. The summed E-state index contributed by atoms with van der Waals surface area (Å²) in [5.74, 6) is -1.56. The Hall–Kier alpha value is -5.26. The van der Waals surface area contributed by atoms with Crippen LogP contribution in [0.4, 0.5) is 18.4 Å². The van der Waals surface area contributed by atoms with Gasteiger partial charge in [0.05, 0.1) is 35.0 Å². The van der Waals surface area contributed by atoms with E-state index < -0.39 is 17.1 Å². The Morgan fingerprint density at radius 1 is 0.807 bits per heavy atom. The number of alkyl halides is 2. The van der Waals surface area contributed by atoms with Gasteiger partial charge in [-0.15, -0.1) is 0 Å². The number of halogens is 2. The maximum absolute atomic E-state index is 16.5. The molecule has 10 nitrogen and oxygen atoms in total. The number of rotatable bonds is 4. The van der Waals surface area contributed by atoms with Gasteiger partial charge in [0.2, 0.25) is 0 Å². The van der Waals surface area contributed by atoms with Crippen molar-refractivity contribution in [2.75, 3.05) is 6.54 Å². The number of ether oxygens (including phenoxy) is 2. The lowest BCUT2D eigenvalue weighted by Gasteiger charge is -2.35. The first-order chi connectivity index (χ1) is 27.0. The first-order valence-electron chi connectivity index (χ1n) is 20.2. The normalized spacial score (nSPS) is 24.0. The number of H-pyrrole nitrogens is 2. The van der Waals surface area contributed by atoms with Crippen molar-refractivity contribution in [2.45, 2.75) is 115 Å². The van der Waals surface area contributed by atoms with E-state index in [1.54, 1.807) is 35.4 Å². The number of carbonyl (C=O) groups excluding carboxylic acids is 2. The number of imidazole rings is 2. The second kappa shape index (κ2) is 12.1. The van der Waals surface area contributed by atoms with Crippen molar-refractivity contribution in [3.05, 3.63) is 83.6 Å². The Kier molecular flexibility index (Phi) is 7.68. The number of aromatic nitrogens is 4. The molecule has 2 aliphatic heterocycles. The Bertz CT molecular complexity index is 2470. The van der Waals surface area contributed by atoms with Gasteiger partial charge >= 0.3 is 12.2 Å². The molecule has 10 rings (SSSR count). The van der Waals surface area contributed by atoms with Crippen LogP contribution in [0.25, 0.3) is 44.5 Å². The lowest BCUT2D eigenvalue weighted by atomic mass is 9.98. The van der Waals surface area contributed by atoms with Gasteiger partial charge in [-0.1, -0.05) is 30.3 Å². The Balaban J connectivity index is 0.910. The van der Waals surface area contributed by atoms with Crippen molar-refractivity contribution < 1.29 is 27.8 Å². The van der Waals surface area contributed by atoms with Crippen molar-refractivity contribution in [1.82, 2.24) is 29.7 Å². The number of amides is 2. The molecular formula is C45H48F2N6O4. The van der Waals surface area contributed by atoms with Crippen LogP contribution in [0.15, 0.2) is 60.8 Å². The second-order valence-corrected chi connectivity index (χ2v) is 19.0. The van der Waals surface area contributed by atoms with Crippen LogP contribution in [0.5, 0.6) is 0 Å². The number of aromatic amines is 2. The fourth-order valence-corrected chi connectivity index (χ4v) is 9.84. The molecule has 5 aliphatic rings. The first kappa shape index (κ1) is 36.1. The van der Waals surface area contributed by atoms with Crippen LogP contribution in [-0.4, -0.2) is 65.7 Å². The lowest BCUT2D eigenvalue weighted by molar-refractivity contribution is 0.00615. The summed E-state index contributed by atoms with van der Waals surface area (Å²) in [6.07, 6.45) is 6.83. The van der Waals surface area contributed by atoms with Crippen LogP contribution < -0.4 is 0 Å². The van der Waals surface area contributed by atoms with E-state index in [1.165, 1.54) is 0 Å². The largest absolute Gasteiger partial charge is 0.444 e. The molecule has 3 aliphatic carbocycles. The van der Waals surface area contributed by atoms with Crippen molar-refractivity contribution in [2.24, 2.45) is 11.3 Å². The summed E-state index contributed by atoms with van der Waals surface area (Å²) >= 11 is 0. The molecule has 0 unspecified atom stereocenters. The maximum Gasteiger partial charge on any atom is 0.411 e. The highest BCUT2D eigenvalue weighted by Gasteiger charge is 2.55. The van der Waals surface area contributed by atoms with Gasteiger partial charge in [0.25, 0.3) is 5.92 Å². The fraction of sp³-hybridized carbons (Fsp3) is 0.467. The topological polar surface area (TPSA) is 116 Å². The molecule has 4 heterocycles. The molecule has 5 aromatic rings. The highest BCUT2D eigenvalue weighted by atomic mass is 19.3. The first-order valence-corrected chi connectivity index (χ1v) is 20.2. The van der Waals surface area contributed by atoms with E-state index in [0.29, 0.717) is 46.2 Å². The van der Waals surface area contributed by atoms with Crippen molar-refractivity contribution >= 4 is 23.2 Å². The van der Waals surface area contributed by atoms with Gasteiger partial charge < -0.3 is 19.4 Å². The number of piperidine rings is 1. The Labute approximate surface area is 330 Å². The number of benzene rings is 3. The van der Waals surface area contributed by atoms with E-state index in [4.69, 9.17) is 14.5 Å². The number of fused-ring (bicyclic) bond motifs is 6. The standard InChI is InChI=1S/C45H48F2N6O4/c1-42(2,3)56-40(54)52-23-44(15-16-44)21-36(52)38-48-22-35(51-38)26-9-13-30-29-12-8-24(18-31(29)45(46,47)32(30)19-26)25-10-14-33-34(20-25)50-39(49-33)37-27-7-11-28(17-27)53(37)41(55)57-43(4,5)6/h8-10,12-14,18-20,22,27-28,36-37H,7,11,15-17,21,23H2,1-6H3,(H,48,51)(H,49,50)/t27-,28+,36+,37-/m1/s1. The summed E-state index contributed by atoms with van der Waals surface area (Å²) in [6.45, 7) is 11.8. The molecular weight excluding hydrogens is 727 g/mol. The molecule has 1 spiro atoms. The highest BCUT2D eigenvalue weighted by Crippen LogP contribution is 2.59. The predicted molar refractivity (Wildman–Crippen MR) is 211 cm³/mol. The summed E-state index contributed by atoms with van der Waals surface area (Å²) in [5, 5.41) is 0. The van der Waals surface area contributed by atoms with E-state index in [-0.39, 0.29) is 46.9 Å². The molecule has 2 bridgehead atoms. The van der Waals surface area contributed by atoms with Crippen molar-refractivity contribution in [3.8, 4) is 33.5 Å². The number of nitrogens with zero attached hydrogens (tertiary/aromatic N) is 4. The molecule has 4 atom stereocenters.